The first-order valence-corrected chi connectivity index (χ1v) is 4.29. The van der Waals surface area contributed by atoms with Crippen LogP contribution in [0.3, 0.4) is 0 Å². The monoisotopic (exact) mass is 207 g/mol. The first-order valence-electron chi connectivity index (χ1n) is 4.29. The summed E-state index contributed by atoms with van der Waals surface area (Å²) in [4.78, 5) is 12.2. The lowest BCUT2D eigenvalue weighted by molar-refractivity contribution is -0.144. The third-order valence-corrected chi connectivity index (χ3v) is 2.16. The van der Waals surface area contributed by atoms with Crippen molar-refractivity contribution in [1.29, 1.82) is 0 Å². The second-order valence-corrected chi connectivity index (χ2v) is 3.09. The number of hydrogen-bond donors (Lipinski definition) is 4. The molecule has 14 heavy (non-hydrogen) atoms. The highest BCUT2D eigenvalue weighted by Crippen LogP contribution is 2.13. The van der Waals surface area contributed by atoms with Gasteiger partial charge in [-0.15, -0.1) is 0 Å². The molecule has 0 unspecified atom stereocenters. The van der Waals surface area contributed by atoms with Crippen molar-refractivity contribution in [2.45, 2.75) is 12.5 Å². The van der Waals surface area contributed by atoms with Crippen LogP contribution in [0.5, 0.6) is 0 Å². The Balaban J connectivity index is 4.79. The van der Waals surface area contributed by atoms with Gasteiger partial charge in [-0.05, 0) is 0 Å². The molecule has 0 spiro atoms. The highest BCUT2D eigenvalue weighted by molar-refractivity contribution is 5.74. The van der Waals surface area contributed by atoms with Gasteiger partial charge in [-0.25, -0.2) is 0 Å². The number of aliphatic hydroxyl groups excluding tert-OH is 4. The van der Waals surface area contributed by atoms with Crippen molar-refractivity contribution in [1.82, 2.24) is 4.90 Å². The van der Waals surface area contributed by atoms with Crippen LogP contribution < -0.4 is 0 Å². The standard InChI is InChI=1S/C8H17NO5/c1-7(14)9(2-3-10)8(4-11,5-12)6-13/h10-13H,2-6H2,1H3. The molecule has 0 aromatic carbocycles. The van der Waals surface area contributed by atoms with E-state index >= 15 is 0 Å². The van der Waals surface area contributed by atoms with Crippen LogP contribution in [0.15, 0.2) is 0 Å². The highest BCUT2D eigenvalue weighted by Gasteiger charge is 2.36. The summed E-state index contributed by atoms with van der Waals surface area (Å²) in [5.74, 6) is -0.420. The van der Waals surface area contributed by atoms with Gasteiger partial charge < -0.3 is 25.3 Å². The Hall–Kier alpha value is -0.690. The Kier molecular flexibility index (Phi) is 5.63. The number of rotatable bonds is 6. The fraction of sp³-hybridized carbons (Fsp3) is 0.875. The molecule has 0 atom stereocenters. The SMILES string of the molecule is CC(=O)N(CCO)C(CO)(CO)CO. The first kappa shape index (κ1) is 13.3. The van der Waals surface area contributed by atoms with Crippen LogP contribution >= 0.6 is 0 Å². The Bertz CT molecular complexity index is 172. The molecule has 84 valence electrons. The molecule has 0 aliphatic rings. The van der Waals surface area contributed by atoms with Crippen molar-refractivity contribution >= 4 is 5.91 Å². The third kappa shape index (κ3) is 2.65. The van der Waals surface area contributed by atoms with Crippen LogP contribution in [0.25, 0.3) is 0 Å². The number of carbonyl (C=O) groups excluding carboxylic acids is 1. The van der Waals surface area contributed by atoms with Gasteiger partial charge in [-0.2, -0.15) is 0 Å². The summed E-state index contributed by atoms with van der Waals surface area (Å²) in [7, 11) is 0. The zero-order valence-electron chi connectivity index (χ0n) is 8.18. The van der Waals surface area contributed by atoms with E-state index in [0.29, 0.717) is 0 Å². The van der Waals surface area contributed by atoms with Gasteiger partial charge in [0.25, 0.3) is 0 Å². The molecule has 0 saturated heterocycles. The summed E-state index contributed by atoms with van der Waals surface area (Å²) < 4.78 is 0. The fourth-order valence-corrected chi connectivity index (χ4v) is 1.23. The molecule has 0 aliphatic carbocycles. The van der Waals surface area contributed by atoms with Gasteiger partial charge in [0.1, 0.15) is 5.54 Å². The van der Waals surface area contributed by atoms with Crippen molar-refractivity contribution in [2.24, 2.45) is 0 Å². The molecule has 0 aliphatic heterocycles. The summed E-state index contributed by atoms with van der Waals surface area (Å²) in [6.07, 6.45) is 0. The molecule has 1 amide bonds. The molecule has 0 radical (unpaired) electrons. The van der Waals surface area contributed by atoms with E-state index in [1.807, 2.05) is 0 Å². The van der Waals surface area contributed by atoms with E-state index < -0.39 is 31.3 Å². The molecule has 4 N–H and O–H groups in total. The van der Waals surface area contributed by atoms with Crippen LogP contribution in [-0.2, 0) is 4.79 Å². The second kappa shape index (κ2) is 5.92. The van der Waals surface area contributed by atoms with Gasteiger partial charge in [0.2, 0.25) is 5.91 Å². The molecule has 6 nitrogen and oxygen atoms in total. The topological polar surface area (TPSA) is 101 Å². The van der Waals surface area contributed by atoms with Crippen molar-refractivity contribution in [3.8, 4) is 0 Å². The van der Waals surface area contributed by atoms with Crippen molar-refractivity contribution in [2.75, 3.05) is 33.0 Å². The summed E-state index contributed by atoms with van der Waals surface area (Å²) in [5, 5.41) is 35.8. The quantitative estimate of drug-likeness (QED) is 0.387. The predicted molar refractivity (Wildman–Crippen MR) is 48.5 cm³/mol. The number of carbonyl (C=O) groups is 1. The van der Waals surface area contributed by atoms with Crippen LogP contribution in [0.1, 0.15) is 6.92 Å². The molecular weight excluding hydrogens is 190 g/mol. The zero-order valence-corrected chi connectivity index (χ0v) is 8.18. The number of β-amino-alcohol motifs (C(OH)–C–C–N with tert-alkyl or cyclic N) is 1. The minimum absolute atomic E-state index is 0.0307. The fourth-order valence-electron chi connectivity index (χ4n) is 1.23. The van der Waals surface area contributed by atoms with E-state index in [0.717, 1.165) is 4.90 Å². The maximum absolute atomic E-state index is 11.1. The number of aliphatic hydroxyl groups is 4. The largest absolute Gasteiger partial charge is 0.395 e. The lowest BCUT2D eigenvalue weighted by Crippen LogP contribution is -2.59. The normalized spacial score (nSPS) is 11.5. The third-order valence-electron chi connectivity index (χ3n) is 2.16. The number of amides is 1. The van der Waals surface area contributed by atoms with E-state index in [-0.39, 0.29) is 13.2 Å². The molecule has 0 rings (SSSR count). The van der Waals surface area contributed by atoms with Gasteiger partial charge in [-0.3, -0.25) is 4.79 Å². The van der Waals surface area contributed by atoms with Crippen molar-refractivity contribution in [3.05, 3.63) is 0 Å². The summed E-state index contributed by atoms with van der Waals surface area (Å²) in [6.45, 7) is -0.748. The van der Waals surface area contributed by atoms with Crippen LogP contribution in [0.4, 0.5) is 0 Å². The smallest absolute Gasteiger partial charge is 0.220 e. The van der Waals surface area contributed by atoms with Gasteiger partial charge >= 0.3 is 0 Å². The zero-order chi connectivity index (χ0) is 11.2. The molecule has 0 heterocycles. The van der Waals surface area contributed by atoms with Crippen LogP contribution in [0.2, 0.25) is 0 Å². The average Bonchev–Trinajstić information content (AvgIpc) is 2.19. The molecule has 0 saturated carbocycles. The average molecular weight is 207 g/mol. The van der Waals surface area contributed by atoms with Crippen molar-refractivity contribution in [3.63, 3.8) is 0 Å². The molecule has 6 heteroatoms. The van der Waals surface area contributed by atoms with E-state index in [2.05, 4.69) is 0 Å². The lowest BCUT2D eigenvalue weighted by Gasteiger charge is -2.39. The number of hydrogen-bond acceptors (Lipinski definition) is 5. The van der Waals surface area contributed by atoms with Crippen LogP contribution in [-0.4, -0.2) is 69.7 Å². The van der Waals surface area contributed by atoms with Gasteiger partial charge in [-0.1, -0.05) is 0 Å². The minimum atomic E-state index is -1.39. The number of nitrogens with zero attached hydrogens (tertiary/aromatic N) is 1. The minimum Gasteiger partial charge on any atom is -0.395 e. The lowest BCUT2D eigenvalue weighted by atomic mass is 10.0. The van der Waals surface area contributed by atoms with Crippen LogP contribution in [0, 0.1) is 0 Å². The summed E-state index contributed by atoms with van der Waals surface area (Å²) in [6, 6.07) is 0. The van der Waals surface area contributed by atoms with Crippen molar-refractivity contribution < 1.29 is 25.2 Å². The Labute approximate surface area is 82.4 Å². The van der Waals surface area contributed by atoms with E-state index in [9.17, 15) is 4.79 Å². The van der Waals surface area contributed by atoms with E-state index in [1.165, 1.54) is 6.92 Å². The molecule has 0 aromatic rings. The van der Waals surface area contributed by atoms with Gasteiger partial charge in [0.15, 0.2) is 0 Å². The Morgan fingerprint density at radius 1 is 1.14 bits per heavy atom. The Morgan fingerprint density at radius 2 is 1.57 bits per heavy atom. The molecule has 0 aromatic heterocycles. The highest BCUT2D eigenvalue weighted by atomic mass is 16.3. The first-order chi connectivity index (χ1) is 6.57. The molecule has 0 bridgehead atoms. The molecule has 0 fully saturated rings. The van der Waals surface area contributed by atoms with Gasteiger partial charge in [0.05, 0.1) is 26.4 Å². The van der Waals surface area contributed by atoms with E-state index in [4.69, 9.17) is 20.4 Å². The predicted octanol–water partition coefficient (Wildman–Crippen LogP) is -2.46. The molecular formula is C8H17NO5. The summed E-state index contributed by atoms with van der Waals surface area (Å²) >= 11 is 0. The Morgan fingerprint density at radius 3 is 1.79 bits per heavy atom. The maximum atomic E-state index is 11.1. The maximum Gasteiger partial charge on any atom is 0.220 e. The summed E-state index contributed by atoms with van der Waals surface area (Å²) in [5.41, 5.74) is -1.39. The van der Waals surface area contributed by atoms with E-state index in [1.54, 1.807) is 0 Å². The van der Waals surface area contributed by atoms with Gasteiger partial charge in [0, 0.05) is 13.5 Å². The second-order valence-electron chi connectivity index (χ2n) is 3.09.